The van der Waals surface area contributed by atoms with Gasteiger partial charge in [-0.3, -0.25) is 0 Å². The number of nitrogens with one attached hydrogen (secondary N) is 1. The van der Waals surface area contributed by atoms with E-state index in [2.05, 4.69) is 17.6 Å². The number of hydrogen-bond donors (Lipinski definition) is 1. The monoisotopic (exact) mass is 281 g/mol. The first-order valence-electron chi connectivity index (χ1n) is 7.29. The third kappa shape index (κ3) is 4.05. The van der Waals surface area contributed by atoms with Crippen LogP contribution in [0.15, 0.2) is 11.4 Å². The van der Waals surface area contributed by atoms with E-state index < -0.39 is 0 Å². The van der Waals surface area contributed by atoms with Crippen molar-refractivity contribution in [3.8, 4) is 0 Å². The van der Waals surface area contributed by atoms with Gasteiger partial charge in [-0.25, -0.2) is 4.79 Å². The summed E-state index contributed by atoms with van der Waals surface area (Å²) in [6.07, 6.45) is 6.92. The smallest absolute Gasteiger partial charge is 0.327 e. The van der Waals surface area contributed by atoms with E-state index in [1.54, 1.807) is 11.3 Å². The molecule has 0 bridgehead atoms. The van der Waals surface area contributed by atoms with Gasteiger partial charge < -0.3 is 10.1 Å². The Bertz CT molecular complexity index is 403. The second-order valence-electron chi connectivity index (χ2n) is 5.02. The second kappa shape index (κ2) is 7.65. The molecule has 0 aliphatic carbocycles. The van der Waals surface area contributed by atoms with Gasteiger partial charge in [0.15, 0.2) is 0 Å². The standard InChI is InChI=1S/C15H23NO2S/c1-2-3-4-5-6-10-18-15(17)14-12-8-11-19-13(12)7-9-16-14/h8,11,14,16H,2-7,9-10H2,1H3. The Labute approximate surface area is 119 Å². The third-order valence-corrected chi connectivity index (χ3v) is 4.52. The summed E-state index contributed by atoms with van der Waals surface area (Å²) in [4.78, 5) is 13.4. The summed E-state index contributed by atoms with van der Waals surface area (Å²) in [6.45, 7) is 3.62. The molecule has 2 rings (SSSR count). The molecule has 1 unspecified atom stereocenters. The Hall–Kier alpha value is -0.870. The first-order chi connectivity index (χ1) is 9.33. The van der Waals surface area contributed by atoms with Crippen molar-refractivity contribution in [2.24, 2.45) is 0 Å². The van der Waals surface area contributed by atoms with Crippen molar-refractivity contribution in [2.45, 2.75) is 51.5 Å². The Morgan fingerprint density at radius 2 is 2.26 bits per heavy atom. The second-order valence-corrected chi connectivity index (χ2v) is 6.02. The highest BCUT2D eigenvalue weighted by Crippen LogP contribution is 2.28. The third-order valence-electron chi connectivity index (χ3n) is 3.52. The molecule has 19 heavy (non-hydrogen) atoms. The van der Waals surface area contributed by atoms with E-state index in [-0.39, 0.29) is 12.0 Å². The van der Waals surface area contributed by atoms with Gasteiger partial charge in [-0.15, -0.1) is 11.3 Å². The molecule has 1 aromatic rings. The summed E-state index contributed by atoms with van der Waals surface area (Å²) in [5.41, 5.74) is 1.12. The largest absolute Gasteiger partial charge is 0.464 e. The van der Waals surface area contributed by atoms with Gasteiger partial charge in [0.05, 0.1) is 6.61 Å². The van der Waals surface area contributed by atoms with Crippen molar-refractivity contribution in [3.05, 3.63) is 21.9 Å². The number of hydrogen-bond acceptors (Lipinski definition) is 4. The summed E-state index contributed by atoms with van der Waals surface area (Å²) in [7, 11) is 0. The zero-order valence-electron chi connectivity index (χ0n) is 11.6. The van der Waals surface area contributed by atoms with Crippen LogP contribution in [0.25, 0.3) is 0 Å². The lowest BCUT2D eigenvalue weighted by Gasteiger charge is -2.22. The SMILES string of the molecule is CCCCCCCOC(=O)C1NCCc2sccc21. The predicted octanol–water partition coefficient (Wildman–Crippen LogP) is 3.45. The molecule has 3 nitrogen and oxygen atoms in total. The minimum Gasteiger partial charge on any atom is -0.464 e. The summed E-state index contributed by atoms with van der Waals surface area (Å²) in [6, 6.07) is 1.80. The van der Waals surface area contributed by atoms with E-state index in [0.29, 0.717) is 6.61 Å². The molecule has 0 fully saturated rings. The molecule has 0 saturated carbocycles. The average Bonchev–Trinajstić information content (AvgIpc) is 2.90. The van der Waals surface area contributed by atoms with Crippen LogP contribution >= 0.6 is 11.3 Å². The molecule has 106 valence electrons. The molecule has 0 radical (unpaired) electrons. The number of rotatable bonds is 7. The van der Waals surface area contributed by atoms with E-state index >= 15 is 0 Å². The summed E-state index contributed by atoms with van der Waals surface area (Å²) < 4.78 is 5.39. The summed E-state index contributed by atoms with van der Waals surface area (Å²) in [5.74, 6) is -0.116. The fourth-order valence-corrected chi connectivity index (χ4v) is 3.34. The predicted molar refractivity (Wildman–Crippen MR) is 78.5 cm³/mol. The summed E-state index contributed by atoms with van der Waals surface area (Å²) >= 11 is 1.74. The highest BCUT2D eigenvalue weighted by molar-refractivity contribution is 7.10. The maximum absolute atomic E-state index is 12.1. The molecular formula is C15H23NO2S. The molecule has 2 heterocycles. The van der Waals surface area contributed by atoms with Crippen LogP contribution in [0.5, 0.6) is 0 Å². The number of carbonyl (C=O) groups is 1. The lowest BCUT2D eigenvalue weighted by atomic mass is 10.0. The highest BCUT2D eigenvalue weighted by atomic mass is 32.1. The number of unbranched alkanes of at least 4 members (excludes halogenated alkanes) is 4. The van der Waals surface area contributed by atoms with E-state index in [1.165, 1.54) is 24.1 Å². The Balaban J connectivity index is 1.73. The molecule has 0 saturated heterocycles. The Kier molecular flexibility index (Phi) is 5.86. The lowest BCUT2D eigenvalue weighted by Crippen LogP contribution is -2.35. The van der Waals surface area contributed by atoms with Crippen molar-refractivity contribution in [2.75, 3.05) is 13.2 Å². The lowest BCUT2D eigenvalue weighted by molar-refractivity contribution is -0.146. The maximum atomic E-state index is 12.1. The summed E-state index contributed by atoms with van der Waals surface area (Å²) in [5, 5.41) is 5.31. The molecule has 1 aromatic heterocycles. The van der Waals surface area contributed by atoms with Gasteiger partial charge in [-0.1, -0.05) is 32.6 Å². The topological polar surface area (TPSA) is 38.3 Å². The van der Waals surface area contributed by atoms with Crippen molar-refractivity contribution >= 4 is 17.3 Å². The molecular weight excluding hydrogens is 258 g/mol. The molecule has 0 amide bonds. The molecule has 1 N–H and O–H groups in total. The molecule has 0 spiro atoms. The normalized spacial score (nSPS) is 18.1. The van der Waals surface area contributed by atoms with Crippen molar-refractivity contribution in [1.82, 2.24) is 5.32 Å². The fourth-order valence-electron chi connectivity index (χ4n) is 2.42. The maximum Gasteiger partial charge on any atom is 0.327 e. The number of thiophene rings is 1. The first-order valence-corrected chi connectivity index (χ1v) is 8.17. The van der Waals surface area contributed by atoms with Gasteiger partial charge in [-0.05, 0) is 29.9 Å². The van der Waals surface area contributed by atoms with Crippen LogP contribution in [0.2, 0.25) is 0 Å². The number of esters is 1. The van der Waals surface area contributed by atoms with Crippen LogP contribution in [0, 0.1) is 0 Å². The molecule has 0 aromatic carbocycles. The minimum atomic E-state index is -0.245. The fraction of sp³-hybridized carbons (Fsp3) is 0.667. The molecule has 4 heteroatoms. The van der Waals surface area contributed by atoms with Gasteiger partial charge in [0.25, 0.3) is 0 Å². The Morgan fingerprint density at radius 1 is 1.42 bits per heavy atom. The van der Waals surface area contributed by atoms with Crippen molar-refractivity contribution in [1.29, 1.82) is 0 Å². The van der Waals surface area contributed by atoms with Gasteiger partial charge in [0, 0.05) is 11.4 Å². The van der Waals surface area contributed by atoms with Gasteiger partial charge in [0.1, 0.15) is 6.04 Å². The van der Waals surface area contributed by atoms with Gasteiger partial charge >= 0.3 is 5.97 Å². The highest BCUT2D eigenvalue weighted by Gasteiger charge is 2.27. The van der Waals surface area contributed by atoms with Crippen LogP contribution in [0.3, 0.4) is 0 Å². The van der Waals surface area contributed by atoms with Crippen LogP contribution in [0.1, 0.15) is 55.5 Å². The Morgan fingerprint density at radius 3 is 3.11 bits per heavy atom. The number of ether oxygens (including phenoxy) is 1. The minimum absolute atomic E-state index is 0.116. The van der Waals surface area contributed by atoms with Crippen molar-refractivity contribution < 1.29 is 9.53 Å². The van der Waals surface area contributed by atoms with Crippen LogP contribution < -0.4 is 5.32 Å². The average molecular weight is 281 g/mol. The van der Waals surface area contributed by atoms with E-state index in [1.807, 2.05) is 6.07 Å². The first kappa shape index (κ1) is 14.5. The zero-order valence-corrected chi connectivity index (χ0v) is 12.4. The van der Waals surface area contributed by atoms with Crippen LogP contribution in [0.4, 0.5) is 0 Å². The van der Waals surface area contributed by atoms with E-state index in [0.717, 1.165) is 31.4 Å². The molecule has 1 aliphatic heterocycles. The van der Waals surface area contributed by atoms with Crippen molar-refractivity contribution in [3.63, 3.8) is 0 Å². The number of carbonyl (C=O) groups excluding carboxylic acids is 1. The zero-order chi connectivity index (χ0) is 13.5. The molecule has 1 atom stereocenters. The quantitative estimate of drug-likeness (QED) is 0.614. The van der Waals surface area contributed by atoms with Gasteiger partial charge in [-0.2, -0.15) is 0 Å². The number of fused-ring (bicyclic) bond motifs is 1. The van der Waals surface area contributed by atoms with E-state index in [9.17, 15) is 4.79 Å². The molecule has 1 aliphatic rings. The van der Waals surface area contributed by atoms with Crippen LogP contribution in [-0.2, 0) is 16.0 Å². The van der Waals surface area contributed by atoms with Crippen LogP contribution in [-0.4, -0.2) is 19.1 Å². The van der Waals surface area contributed by atoms with E-state index in [4.69, 9.17) is 4.74 Å². The van der Waals surface area contributed by atoms with Gasteiger partial charge in [0.2, 0.25) is 0 Å².